The lowest BCUT2D eigenvalue weighted by molar-refractivity contribution is 0.0947. The van der Waals surface area contributed by atoms with Crippen LogP contribution in [0.5, 0.6) is 0 Å². The molecule has 2 N–H and O–H groups in total. The third-order valence-electron chi connectivity index (χ3n) is 5.68. The molecule has 2 aromatic rings. The van der Waals surface area contributed by atoms with Crippen LogP contribution in [0.15, 0.2) is 47.4 Å². The highest BCUT2D eigenvalue weighted by molar-refractivity contribution is 7.92. The normalized spacial score (nSPS) is 19.5. The number of aryl methyl sites for hydroxylation is 1. The molecule has 0 aromatic heterocycles. The minimum Gasteiger partial charge on any atom is -0.352 e. The summed E-state index contributed by atoms with van der Waals surface area (Å²) in [4.78, 5) is 15.2. The van der Waals surface area contributed by atoms with Crippen molar-refractivity contribution in [3.63, 3.8) is 0 Å². The van der Waals surface area contributed by atoms with Crippen molar-refractivity contribution in [3.05, 3.63) is 58.6 Å². The molecule has 1 aliphatic heterocycles. The third-order valence-corrected chi connectivity index (χ3v) is 7.39. The van der Waals surface area contributed by atoms with Gasteiger partial charge in [0.15, 0.2) is 0 Å². The standard InChI is InChI=1S/C24H32ClN3O3S/c1-17-5-8-21(9-6-17)32(30,31)27-20-7-10-22(23(25)14-20)24(29)26-11-4-12-28-15-18(2)13-19(3)16-28/h5-10,14,18-19,27H,4,11-13,15-16H2,1-3H3,(H,26,29). The Morgan fingerprint density at radius 2 is 1.75 bits per heavy atom. The van der Waals surface area contributed by atoms with E-state index in [9.17, 15) is 13.2 Å². The van der Waals surface area contributed by atoms with Crippen LogP contribution in [0.4, 0.5) is 5.69 Å². The second kappa shape index (κ2) is 10.7. The van der Waals surface area contributed by atoms with Crippen LogP contribution in [-0.2, 0) is 10.0 Å². The molecule has 6 nitrogen and oxygen atoms in total. The predicted molar refractivity (Wildman–Crippen MR) is 130 cm³/mol. The number of nitrogens with zero attached hydrogens (tertiary/aromatic N) is 1. The smallest absolute Gasteiger partial charge is 0.261 e. The molecule has 8 heteroatoms. The van der Waals surface area contributed by atoms with Gasteiger partial charge in [-0.2, -0.15) is 0 Å². The van der Waals surface area contributed by atoms with Crippen molar-refractivity contribution in [2.75, 3.05) is 30.9 Å². The first-order valence-corrected chi connectivity index (χ1v) is 12.9. The van der Waals surface area contributed by atoms with Crippen molar-refractivity contribution >= 4 is 33.2 Å². The fourth-order valence-corrected chi connectivity index (χ4v) is 5.58. The number of halogens is 1. The molecule has 1 heterocycles. The van der Waals surface area contributed by atoms with E-state index >= 15 is 0 Å². The quantitative estimate of drug-likeness (QED) is 0.547. The zero-order valence-electron chi connectivity index (χ0n) is 18.9. The van der Waals surface area contributed by atoms with Crippen molar-refractivity contribution in [1.82, 2.24) is 10.2 Å². The number of benzene rings is 2. The zero-order valence-corrected chi connectivity index (χ0v) is 20.5. The summed E-state index contributed by atoms with van der Waals surface area (Å²) in [5, 5.41) is 3.11. The summed E-state index contributed by atoms with van der Waals surface area (Å²) in [7, 11) is -3.73. The lowest BCUT2D eigenvalue weighted by Gasteiger charge is -2.34. The Kier molecular flexibility index (Phi) is 8.20. The Balaban J connectivity index is 1.53. The van der Waals surface area contributed by atoms with Crippen molar-refractivity contribution in [2.45, 2.75) is 38.5 Å². The molecule has 0 aliphatic carbocycles. The van der Waals surface area contributed by atoms with E-state index in [1.165, 1.54) is 12.5 Å². The number of hydrogen-bond acceptors (Lipinski definition) is 4. The van der Waals surface area contributed by atoms with E-state index in [-0.39, 0.29) is 15.8 Å². The molecule has 1 amide bonds. The molecule has 1 saturated heterocycles. The van der Waals surface area contributed by atoms with Gasteiger partial charge < -0.3 is 10.2 Å². The van der Waals surface area contributed by atoms with Gasteiger partial charge in [0.25, 0.3) is 15.9 Å². The van der Waals surface area contributed by atoms with Crippen LogP contribution in [0.1, 0.15) is 42.6 Å². The molecular weight excluding hydrogens is 446 g/mol. The first-order chi connectivity index (χ1) is 15.1. The molecule has 0 bridgehead atoms. The number of nitrogens with one attached hydrogen (secondary N) is 2. The number of amides is 1. The van der Waals surface area contributed by atoms with Gasteiger partial charge in [0.05, 0.1) is 21.2 Å². The van der Waals surface area contributed by atoms with Crippen LogP contribution in [0.25, 0.3) is 0 Å². The highest BCUT2D eigenvalue weighted by Crippen LogP contribution is 2.24. The highest BCUT2D eigenvalue weighted by Gasteiger charge is 2.21. The SMILES string of the molecule is Cc1ccc(S(=O)(=O)Nc2ccc(C(=O)NCCCN3CC(C)CC(C)C3)c(Cl)c2)cc1. The topological polar surface area (TPSA) is 78.5 Å². The number of sulfonamides is 1. The van der Waals surface area contributed by atoms with Gasteiger partial charge in [-0.25, -0.2) is 8.42 Å². The average molecular weight is 478 g/mol. The molecule has 1 aliphatic rings. The van der Waals surface area contributed by atoms with Crippen molar-refractivity contribution in [3.8, 4) is 0 Å². The lowest BCUT2D eigenvalue weighted by atomic mass is 9.92. The van der Waals surface area contributed by atoms with Crippen LogP contribution in [0.3, 0.4) is 0 Å². The maximum Gasteiger partial charge on any atom is 0.261 e. The summed E-state index contributed by atoms with van der Waals surface area (Å²) in [6, 6.07) is 11.1. The largest absolute Gasteiger partial charge is 0.352 e. The number of carbonyl (C=O) groups excluding carboxylic acids is 1. The summed E-state index contributed by atoms with van der Waals surface area (Å²) < 4.78 is 27.6. The van der Waals surface area contributed by atoms with E-state index in [2.05, 4.69) is 28.8 Å². The molecule has 0 radical (unpaired) electrons. The molecule has 0 spiro atoms. The minimum absolute atomic E-state index is 0.165. The van der Waals surface area contributed by atoms with Gasteiger partial charge in [0.1, 0.15) is 0 Å². The van der Waals surface area contributed by atoms with Crippen molar-refractivity contribution in [1.29, 1.82) is 0 Å². The number of carbonyl (C=O) groups is 1. The first kappa shape index (κ1) is 24.6. The Hall–Kier alpha value is -2.09. The first-order valence-electron chi connectivity index (χ1n) is 11.0. The van der Waals surface area contributed by atoms with Crippen LogP contribution in [-0.4, -0.2) is 45.4 Å². The van der Waals surface area contributed by atoms with Crippen LogP contribution in [0.2, 0.25) is 5.02 Å². The van der Waals surface area contributed by atoms with Gasteiger partial charge >= 0.3 is 0 Å². The van der Waals surface area contributed by atoms with E-state index in [1.54, 1.807) is 36.4 Å². The summed E-state index contributed by atoms with van der Waals surface area (Å²) >= 11 is 6.28. The fraction of sp³-hybridized carbons (Fsp3) is 0.458. The molecular formula is C24H32ClN3O3S. The van der Waals surface area contributed by atoms with E-state index < -0.39 is 10.0 Å². The van der Waals surface area contributed by atoms with E-state index in [4.69, 9.17) is 11.6 Å². The molecule has 3 rings (SSSR count). The maximum absolute atomic E-state index is 12.6. The Labute approximate surface area is 196 Å². The van der Waals surface area contributed by atoms with Gasteiger partial charge in [-0.15, -0.1) is 0 Å². The monoisotopic (exact) mass is 477 g/mol. The minimum atomic E-state index is -3.73. The molecule has 0 saturated carbocycles. The molecule has 2 aromatic carbocycles. The maximum atomic E-state index is 12.6. The molecule has 32 heavy (non-hydrogen) atoms. The molecule has 2 unspecified atom stereocenters. The van der Waals surface area contributed by atoms with E-state index in [0.717, 1.165) is 31.6 Å². The number of piperidine rings is 1. The average Bonchev–Trinajstić information content (AvgIpc) is 2.70. The van der Waals surface area contributed by atoms with E-state index in [1.807, 2.05) is 6.92 Å². The summed E-state index contributed by atoms with van der Waals surface area (Å²) in [5.74, 6) is 1.17. The Morgan fingerprint density at radius 1 is 1.09 bits per heavy atom. The summed E-state index contributed by atoms with van der Waals surface area (Å²) in [6.07, 6.45) is 2.15. The van der Waals surface area contributed by atoms with Crippen molar-refractivity contribution in [2.24, 2.45) is 11.8 Å². The van der Waals surface area contributed by atoms with Gasteiger partial charge in [-0.3, -0.25) is 9.52 Å². The predicted octanol–water partition coefficient (Wildman–Crippen LogP) is 4.55. The summed E-state index contributed by atoms with van der Waals surface area (Å²) in [5.41, 5.74) is 1.60. The van der Waals surface area contributed by atoms with E-state index in [0.29, 0.717) is 29.6 Å². The second-order valence-corrected chi connectivity index (χ2v) is 11.0. The van der Waals surface area contributed by atoms with Gasteiger partial charge in [-0.05, 0) is 68.5 Å². The molecule has 1 fully saturated rings. The Morgan fingerprint density at radius 3 is 2.38 bits per heavy atom. The van der Waals surface area contributed by atoms with Gasteiger partial charge in [0.2, 0.25) is 0 Å². The number of likely N-dealkylation sites (tertiary alicyclic amines) is 1. The van der Waals surface area contributed by atoms with Crippen LogP contribution < -0.4 is 10.0 Å². The number of anilines is 1. The number of rotatable bonds is 8. The Bertz CT molecular complexity index is 1030. The highest BCUT2D eigenvalue weighted by atomic mass is 35.5. The zero-order chi connectivity index (χ0) is 23.3. The number of hydrogen-bond donors (Lipinski definition) is 2. The van der Waals surface area contributed by atoms with Gasteiger partial charge in [0, 0.05) is 19.6 Å². The third kappa shape index (κ3) is 6.70. The lowest BCUT2D eigenvalue weighted by Crippen LogP contribution is -2.40. The second-order valence-electron chi connectivity index (χ2n) is 8.93. The van der Waals surface area contributed by atoms with Crippen molar-refractivity contribution < 1.29 is 13.2 Å². The van der Waals surface area contributed by atoms with Gasteiger partial charge in [-0.1, -0.05) is 43.1 Å². The molecule has 174 valence electrons. The molecule has 2 atom stereocenters. The summed E-state index contributed by atoms with van der Waals surface area (Å²) in [6.45, 7) is 10.2. The van der Waals surface area contributed by atoms with Crippen LogP contribution in [0, 0.1) is 18.8 Å². The van der Waals surface area contributed by atoms with Crippen LogP contribution >= 0.6 is 11.6 Å². The fourth-order valence-electron chi connectivity index (χ4n) is 4.27.